The van der Waals surface area contributed by atoms with Crippen LogP contribution in [0.1, 0.15) is 33.8 Å². The van der Waals surface area contributed by atoms with E-state index in [1.807, 2.05) is 0 Å². The molecule has 22 heavy (non-hydrogen) atoms. The Bertz CT molecular complexity index is 562. The molecule has 0 aliphatic carbocycles. The van der Waals surface area contributed by atoms with Crippen LogP contribution in [0.4, 0.5) is 0 Å². The van der Waals surface area contributed by atoms with Crippen molar-refractivity contribution in [3.8, 4) is 5.75 Å². The van der Waals surface area contributed by atoms with Crippen molar-refractivity contribution in [3.05, 3.63) is 17.5 Å². The number of hydrogen-bond donors (Lipinski definition) is 0. The summed E-state index contributed by atoms with van der Waals surface area (Å²) in [4.78, 5) is 34.9. The molecule has 1 heterocycles. The molecule has 0 spiro atoms. The second-order valence-electron chi connectivity index (χ2n) is 4.26. The molecule has 0 atom stereocenters. The van der Waals surface area contributed by atoms with Crippen molar-refractivity contribution in [1.29, 1.82) is 0 Å². The average molecular weight is 313 g/mol. The first-order valence-corrected chi connectivity index (χ1v) is 6.51. The maximum atomic E-state index is 11.9. The van der Waals surface area contributed by atoms with Crippen LogP contribution in [0.15, 0.2) is 6.07 Å². The molecule has 0 aliphatic rings. The Balaban J connectivity index is 3.17. The number of carbonyl (C=O) groups excluding carboxylic acids is 3. The molecule has 0 fully saturated rings. The van der Waals surface area contributed by atoms with Gasteiger partial charge in [0.25, 0.3) is 0 Å². The third-order valence-electron chi connectivity index (χ3n) is 3.05. The molecule has 1 aromatic rings. The molecule has 0 saturated carbocycles. The van der Waals surface area contributed by atoms with Crippen LogP contribution < -0.4 is 4.74 Å². The molecule has 0 aliphatic heterocycles. The van der Waals surface area contributed by atoms with E-state index in [9.17, 15) is 14.4 Å². The average Bonchev–Trinajstić information content (AvgIpc) is 2.91. The molecule has 8 heteroatoms. The third kappa shape index (κ3) is 3.78. The molecule has 1 rings (SSSR count). The van der Waals surface area contributed by atoms with E-state index < -0.39 is 11.9 Å². The van der Waals surface area contributed by atoms with Crippen LogP contribution in [0, 0.1) is 0 Å². The molecule has 0 N–H and O–H groups in total. The first-order valence-electron chi connectivity index (χ1n) is 6.51. The molecule has 1 aromatic heterocycles. The number of methoxy groups -OCH3 is 4. The molecular formula is C14H19NO7. The van der Waals surface area contributed by atoms with Gasteiger partial charge < -0.3 is 23.5 Å². The van der Waals surface area contributed by atoms with Gasteiger partial charge in [0.1, 0.15) is 5.69 Å². The monoisotopic (exact) mass is 313 g/mol. The van der Waals surface area contributed by atoms with E-state index in [1.165, 1.54) is 39.1 Å². The highest BCUT2D eigenvalue weighted by atomic mass is 16.5. The van der Waals surface area contributed by atoms with Crippen LogP contribution in [0.5, 0.6) is 5.75 Å². The van der Waals surface area contributed by atoms with Crippen LogP contribution in [-0.2, 0) is 25.5 Å². The lowest BCUT2D eigenvalue weighted by atomic mass is 10.3. The largest absolute Gasteiger partial charge is 0.494 e. The Kier molecular flexibility index (Phi) is 6.43. The zero-order valence-corrected chi connectivity index (χ0v) is 13.0. The fourth-order valence-electron chi connectivity index (χ4n) is 1.98. The van der Waals surface area contributed by atoms with Crippen LogP contribution in [0.3, 0.4) is 0 Å². The summed E-state index contributed by atoms with van der Waals surface area (Å²) in [7, 11) is 5.13. The van der Waals surface area contributed by atoms with Crippen molar-refractivity contribution < 1.29 is 33.3 Å². The van der Waals surface area contributed by atoms with E-state index in [-0.39, 0.29) is 36.1 Å². The Morgan fingerprint density at radius 1 is 1.00 bits per heavy atom. The maximum absolute atomic E-state index is 11.9. The Labute approximate surface area is 127 Å². The van der Waals surface area contributed by atoms with Gasteiger partial charge in [0.15, 0.2) is 11.4 Å². The lowest BCUT2D eigenvalue weighted by molar-refractivity contribution is -0.140. The SMILES string of the molecule is COC(=O)CCCn1c(C(=O)OC)cc(OC)c1C(=O)OC. The predicted octanol–water partition coefficient (Wildman–Crippen LogP) is 1.02. The van der Waals surface area contributed by atoms with E-state index in [0.717, 1.165) is 0 Å². The summed E-state index contributed by atoms with van der Waals surface area (Å²) in [5.74, 6) is -1.44. The Morgan fingerprint density at radius 2 is 1.64 bits per heavy atom. The smallest absolute Gasteiger partial charge is 0.358 e. The van der Waals surface area contributed by atoms with E-state index in [1.54, 1.807) is 0 Å². The van der Waals surface area contributed by atoms with Crippen LogP contribution in [0.2, 0.25) is 0 Å². The number of rotatable bonds is 7. The van der Waals surface area contributed by atoms with Gasteiger partial charge in [-0.1, -0.05) is 0 Å². The predicted molar refractivity (Wildman–Crippen MR) is 74.9 cm³/mol. The fraction of sp³-hybridized carbons (Fsp3) is 0.500. The summed E-state index contributed by atoms with van der Waals surface area (Å²) in [5.41, 5.74) is 0.236. The second-order valence-corrected chi connectivity index (χ2v) is 4.26. The summed E-state index contributed by atoms with van der Waals surface area (Å²) < 4.78 is 20.5. The molecule has 0 aromatic carbocycles. The van der Waals surface area contributed by atoms with E-state index in [4.69, 9.17) is 14.2 Å². The van der Waals surface area contributed by atoms with Crippen molar-refractivity contribution in [2.24, 2.45) is 0 Å². The summed E-state index contributed by atoms with van der Waals surface area (Å²) in [6.45, 7) is 0.229. The van der Waals surface area contributed by atoms with E-state index in [2.05, 4.69) is 4.74 Å². The van der Waals surface area contributed by atoms with Gasteiger partial charge in [-0.3, -0.25) is 4.79 Å². The number of hydrogen-bond acceptors (Lipinski definition) is 7. The lowest BCUT2D eigenvalue weighted by Crippen LogP contribution is -2.17. The minimum atomic E-state index is -0.648. The van der Waals surface area contributed by atoms with Gasteiger partial charge in [0.2, 0.25) is 0 Å². The van der Waals surface area contributed by atoms with Crippen molar-refractivity contribution in [2.45, 2.75) is 19.4 Å². The maximum Gasteiger partial charge on any atom is 0.358 e. The van der Waals surface area contributed by atoms with Crippen LogP contribution >= 0.6 is 0 Å². The van der Waals surface area contributed by atoms with Gasteiger partial charge in [-0.15, -0.1) is 0 Å². The van der Waals surface area contributed by atoms with Gasteiger partial charge >= 0.3 is 17.9 Å². The van der Waals surface area contributed by atoms with Crippen molar-refractivity contribution >= 4 is 17.9 Å². The molecule has 0 saturated heterocycles. The summed E-state index contributed by atoms with van der Waals surface area (Å²) in [5, 5.41) is 0. The lowest BCUT2D eigenvalue weighted by Gasteiger charge is -2.11. The highest BCUT2D eigenvalue weighted by Crippen LogP contribution is 2.26. The van der Waals surface area contributed by atoms with Gasteiger partial charge in [-0.25, -0.2) is 9.59 Å². The molecular weight excluding hydrogens is 294 g/mol. The van der Waals surface area contributed by atoms with Gasteiger partial charge in [0, 0.05) is 19.0 Å². The molecule has 8 nitrogen and oxygen atoms in total. The number of esters is 3. The molecule has 0 radical (unpaired) electrons. The van der Waals surface area contributed by atoms with Crippen molar-refractivity contribution in [3.63, 3.8) is 0 Å². The zero-order chi connectivity index (χ0) is 16.7. The van der Waals surface area contributed by atoms with Gasteiger partial charge in [-0.2, -0.15) is 0 Å². The summed E-state index contributed by atoms with van der Waals surface area (Å²) in [6.07, 6.45) is 0.525. The van der Waals surface area contributed by atoms with Crippen LogP contribution in [-0.4, -0.2) is 50.9 Å². The van der Waals surface area contributed by atoms with E-state index >= 15 is 0 Å². The minimum Gasteiger partial charge on any atom is -0.494 e. The minimum absolute atomic E-state index is 0.0928. The van der Waals surface area contributed by atoms with Gasteiger partial charge in [-0.05, 0) is 6.42 Å². The number of nitrogens with zero attached hydrogens (tertiary/aromatic N) is 1. The fourth-order valence-corrected chi connectivity index (χ4v) is 1.98. The van der Waals surface area contributed by atoms with Crippen molar-refractivity contribution in [2.75, 3.05) is 28.4 Å². The molecule has 0 amide bonds. The third-order valence-corrected chi connectivity index (χ3v) is 3.05. The summed E-state index contributed by atoms with van der Waals surface area (Å²) >= 11 is 0. The van der Waals surface area contributed by atoms with Crippen molar-refractivity contribution in [1.82, 2.24) is 4.57 Å². The standard InChI is InChI=1S/C14H19NO7/c1-19-10-8-9(13(17)21-3)15(12(10)14(18)22-4)7-5-6-11(16)20-2/h8H,5-7H2,1-4H3. The zero-order valence-electron chi connectivity index (χ0n) is 13.0. The van der Waals surface area contributed by atoms with Crippen LogP contribution in [0.25, 0.3) is 0 Å². The van der Waals surface area contributed by atoms with E-state index in [0.29, 0.717) is 6.42 Å². The Morgan fingerprint density at radius 3 is 2.14 bits per heavy atom. The quantitative estimate of drug-likeness (QED) is 0.548. The topological polar surface area (TPSA) is 93.1 Å². The molecule has 0 bridgehead atoms. The highest BCUT2D eigenvalue weighted by molar-refractivity contribution is 5.96. The summed E-state index contributed by atoms with van der Waals surface area (Å²) in [6, 6.07) is 1.40. The number of aromatic nitrogens is 1. The molecule has 122 valence electrons. The first kappa shape index (κ1) is 17.5. The second kappa shape index (κ2) is 8.06. The normalized spacial score (nSPS) is 10.0. The van der Waals surface area contributed by atoms with Gasteiger partial charge in [0.05, 0.1) is 28.4 Å². The number of ether oxygens (including phenoxy) is 4. The number of carbonyl (C=O) groups is 3. The molecule has 0 unspecified atom stereocenters. The first-order chi connectivity index (χ1) is 10.5. The highest BCUT2D eigenvalue weighted by Gasteiger charge is 2.26. The Hall–Kier alpha value is -2.51.